The molecule has 0 saturated carbocycles. The van der Waals surface area contributed by atoms with Crippen molar-refractivity contribution in [3.05, 3.63) is 65.2 Å². The maximum absolute atomic E-state index is 10.1. The first-order valence-electron chi connectivity index (χ1n) is 8.26. The van der Waals surface area contributed by atoms with Crippen LogP contribution in [0.5, 0.6) is 5.75 Å². The molecule has 0 spiro atoms. The largest absolute Gasteiger partial charge is 0.491 e. The summed E-state index contributed by atoms with van der Waals surface area (Å²) in [5.41, 5.74) is 3.71. The van der Waals surface area contributed by atoms with Crippen LogP contribution in [0.15, 0.2) is 48.5 Å². The van der Waals surface area contributed by atoms with Gasteiger partial charge in [0.15, 0.2) is 0 Å². The van der Waals surface area contributed by atoms with Crippen molar-refractivity contribution in [2.75, 3.05) is 13.2 Å². The molecule has 2 rings (SSSR count). The lowest BCUT2D eigenvalue weighted by Gasteiger charge is -2.20. The van der Waals surface area contributed by atoms with Gasteiger partial charge in [-0.25, -0.2) is 0 Å². The Balaban J connectivity index is 1.79. The number of aryl methyl sites for hydroxylation is 2. The first-order valence-corrected chi connectivity index (χ1v) is 8.26. The second-order valence-electron chi connectivity index (χ2n) is 6.06. The van der Waals surface area contributed by atoms with Crippen molar-refractivity contribution < 1.29 is 9.84 Å². The lowest BCUT2D eigenvalue weighted by Crippen LogP contribution is -2.33. The average Bonchev–Trinajstić information content (AvgIpc) is 2.56. The third-order valence-electron chi connectivity index (χ3n) is 3.95. The molecule has 124 valence electrons. The summed E-state index contributed by atoms with van der Waals surface area (Å²) in [7, 11) is 0. The predicted octanol–water partition coefficient (Wildman–Crippen LogP) is 3.78. The quantitative estimate of drug-likeness (QED) is 0.779. The summed E-state index contributed by atoms with van der Waals surface area (Å²) in [6.07, 6.45) is 0.449. The average molecular weight is 313 g/mol. The van der Waals surface area contributed by atoms with Crippen LogP contribution in [0.2, 0.25) is 0 Å². The first-order chi connectivity index (χ1) is 11.1. The summed E-state index contributed by atoms with van der Waals surface area (Å²) in [6, 6.07) is 16.6. The van der Waals surface area contributed by atoms with Crippen molar-refractivity contribution >= 4 is 0 Å². The van der Waals surface area contributed by atoms with Gasteiger partial charge in [-0.15, -0.1) is 0 Å². The Hall–Kier alpha value is -1.84. The number of rotatable bonds is 8. The predicted molar refractivity (Wildman–Crippen MR) is 94.9 cm³/mol. The van der Waals surface area contributed by atoms with Crippen LogP contribution in [0.3, 0.4) is 0 Å². The van der Waals surface area contributed by atoms with Crippen molar-refractivity contribution in [2.45, 2.75) is 39.3 Å². The van der Waals surface area contributed by atoms with Gasteiger partial charge in [-0.3, -0.25) is 0 Å². The molecule has 2 aromatic rings. The van der Waals surface area contributed by atoms with Crippen molar-refractivity contribution in [1.29, 1.82) is 0 Å². The van der Waals surface area contributed by atoms with E-state index in [9.17, 15) is 5.11 Å². The summed E-state index contributed by atoms with van der Waals surface area (Å²) in [4.78, 5) is 0. The Morgan fingerprint density at radius 2 is 1.52 bits per heavy atom. The fourth-order valence-corrected chi connectivity index (χ4v) is 2.46. The van der Waals surface area contributed by atoms with Gasteiger partial charge in [0, 0.05) is 12.6 Å². The van der Waals surface area contributed by atoms with Crippen LogP contribution in [0.1, 0.15) is 36.1 Å². The SMILES string of the molecule is CCC(NCC(O)COc1ccc(C)cc1)c1ccc(C)cc1. The molecule has 0 saturated heterocycles. The first kappa shape index (κ1) is 17.5. The van der Waals surface area contributed by atoms with Gasteiger partial charge in [0.25, 0.3) is 0 Å². The zero-order chi connectivity index (χ0) is 16.7. The molecule has 23 heavy (non-hydrogen) atoms. The fraction of sp³-hybridized carbons (Fsp3) is 0.400. The van der Waals surface area contributed by atoms with E-state index in [0.29, 0.717) is 13.2 Å². The number of aliphatic hydroxyl groups is 1. The highest BCUT2D eigenvalue weighted by Crippen LogP contribution is 2.17. The molecule has 0 bridgehead atoms. The van der Waals surface area contributed by atoms with E-state index in [1.165, 1.54) is 16.7 Å². The van der Waals surface area contributed by atoms with Crippen molar-refractivity contribution in [3.63, 3.8) is 0 Å². The number of benzene rings is 2. The van der Waals surface area contributed by atoms with Gasteiger partial charge >= 0.3 is 0 Å². The molecule has 0 fully saturated rings. The molecule has 0 heterocycles. The molecule has 2 N–H and O–H groups in total. The Morgan fingerprint density at radius 1 is 0.957 bits per heavy atom. The van der Waals surface area contributed by atoms with Crippen LogP contribution >= 0.6 is 0 Å². The summed E-state index contributed by atoms with van der Waals surface area (Å²) in [5, 5.41) is 13.5. The molecule has 2 unspecified atom stereocenters. The molecule has 0 aliphatic heterocycles. The zero-order valence-electron chi connectivity index (χ0n) is 14.3. The van der Waals surface area contributed by atoms with Crippen molar-refractivity contribution in [3.8, 4) is 5.75 Å². The minimum Gasteiger partial charge on any atom is -0.491 e. The summed E-state index contributed by atoms with van der Waals surface area (Å²) in [6.45, 7) is 7.08. The highest BCUT2D eigenvalue weighted by Gasteiger charge is 2.12. The van der Waals surface area contributed by atoms with Crippen LogP contribution in [0, 0.1) is 13.8 Å². The van der Waals surface area contributed by atoms with E-state index >= 15 is 0 Å². The Morgan fingerprint density at radius 3 is 2.09 bits per heavy atom. The zero-order valence-corrected chi connectivity index (χ0v) is 14.3. The maximum Gasteiger partial charge on any atom is 0.119 e. The van der Waals surface area contributed by atoms with E-state index in [4.69, 9.17) is 4.74 Å². The smallest absolute Gasteiger partial charge is 0.119 e. The molecule has 0 amide bonds. The van der Waals surface area contributed by atoms with Crippen LogP contribution in [0.25, 0.3) is 0 Å². The van der Waals surface area contributed by atoms with Gasteiger partial charge in [0.2, 0.25) is 0 Å². The van der Waals surface area contributed by atoms with Crippen LogP contribution in [-0.4, -0.2) is 24.4 Å². The van der Waals surface area contributed by atoms with Crippen LogP contribution in [0.4, 0.5) is 0 Å². The number of nitrogens with one attached hydrogen (secondary N) is 1. The maximum atomic E-state index is 10.1. The highest BCUT2D eigenvalue weighted by atomic mass is 16.5. The standard InChI is InChI=1S/C20H27NO2/c1-4-20(17-9-5-15(2)6-10-17)21-13-18(22)14-23-19-11-7-16(3)8-12-19/h5-12,18,20-22H,4,13-14H2,1-3H3. The molecular weight excluding hydrogens is 286 g/mol. The van der Waals surface area contributed by atoms with Gasteiger partial charge in [0.05, 0.1) is 0 Å². The molecular formula is C20H27NO2. The van der Waals surface area contributed by atoms with E-state index < -0.39 is 6.10 Å². The van der Waals surface area contributed by atoms with Gasteiger partial charge < -0.3 is 15.2 Å². The molecule has 2 aromatic carbocycles. The number of ether oxygens (including phenoxy) is 1. The summed E-state index contributed by atoms with van der Waals surface area (Å²) in [5.74, 6) is 0.792. The molecule has 2 atom stereocenters. The molecule has 3 heteroatoms. The van der Waals surface area contributed by atoms with E-state index in [0.717, 1.165) is 12.2 Å². The Bertz CT molecular complexity index is 578. The van der Waals surface area contributed by atoms with Gasteiger partial charge in [-0.1, -0.05) is 54.4 Å². The molecule has 0 radical (unpaired) electrons. The van der Waals surface area contributed by atoms with E-state index in [-0.39, 0.29) is 6.04 Å². The van der Waals surface area contributed by atoms with Gasteiger partial charge in [-0.2, -0.15) is 0 Å². The van der Waals surface area contributed by atoms with E-state index in [1.807, 2.05) is 31.2 Å². The fourth-order valence-electron chi connectivity index (χ4n) is 2.46. The number of hydrogen-bond acceptors (Lipinski definition) is 3. The summed E-state index contributed by atoms with van der Waals surface area (Å²) < 4.78 is 5.62. The summed E-state index contributed by atoms with van der Waals surface area (Å²) >= 11 is 0. The van der Waals surface area contributed by atoms with Crippen LogP contribution in [-0.2, 0) is 0 Å². The minimum absolute atomic E-state index is 0.254. The van der Waals surface area contributed by atoms with Crippen LogP contribution < -0.4 is 10.1 Å². The molecule has 0 aliphatic carbocycles. The minimum atomic E-state index is -0.532. The topological polar surface area (TPSA) is 41.5 Å². The molecule has 0 aromatic heterocycles. The van der Waals surface area contributed by atoms with Gasteiger partial charge in [0.1, 0.15) is 18.5 Å². The number of hydrogen-bond donors (Lipinski definition) is 2. The van der Waals surface area contributed by atoms with Crippen molar-refractivity contribution in [1.82, 2.24) is 5.32 Å². The van der Waals surface area contributed by atoms with E-state index in [2.05, 4.69) is 43.4 Å². The van der Waals surface area contributed by atoms with Gasteiger partial charge in [-0.05, 0) is 38.0 Å². The Labute approximate surface area is 139 Å². The van der Waals surface area contributed by atoms with E-state index in [1.54, 1.807) is 0 Å². The lowest BCUT2D eigenvalue weighted by molar-refractivity contribution is 0.103. The third-order valence-corrected chi connectivity index (χ3v) is 3.95. The Kier molecular flexibility index (Phi) is 6.63. The second kappa shape index (κ2) is 8.70. The number of aliphatic hydroxyl groups excluding tert-OH is 1. The third kappa shape index (κ3) is 5.70. The monoisotopic (exact) mass is 313 g/mol. The molecule has 3 nitrogen and oxygen atoms in total. The lowest BCUT2D eigenvalue weighted by atomic mass is 10.0. The van der Waals surface area contributed by atoms with Crippen molar-refractivity contribution in [2.24, 2.45) is 0 Å². The normalized spacial score (nSPS) is 13.6. The second-order valence-corrected chi connectivity index (χ2v) is 6.06. The molecule has 0 aliphatic rings. The highest BCUT2D eigenvalue weighted by molar-refractivity contribution is 5.26.